The maximum Gasteiger partial charge on any atom is 0.228 e. The SMILES string of the molecule is N#Cc1cccc(NCCc2ncno2)c1N. The summed E-state index contributed by atoms with van der Waals surface area (Å²) in [6.45, 7) is 0.612. The fourth-order valence-electron chi connectivity index (χ4n) is 1.43. The summed E-state index contributed by atoms with van der Waals surface area (Å²) in [6.07, 6.45) is 1.97. The summed E-state index contributed by atoms with van der Waals surface area (Å²) in [5, 5.41) is 15.5. The molecule has 2 aromatic rings. The molecule has 0 spiro atoms. The Morgan fingerprint density at radius 1 is 1.47 bits per heavy atom. The van der Waals surface area contributed by atoms with Crippen molar-refractivity contribution in [1.82, 2.24) is 10.1 Å². The van der Waals surface area contributed by atoms with Crippen molar-refractivity contribution in [2.45, 2.75) is 6.42 Å². The zero-order valence-corrected chi connectivity index (χ0v) is 9.05. The lowest BCUT2D eigenvalue weighted by Gasteiger charge is -2.08. The fourth-order valence-corrected chi connectivity index (χ4v) is 1.43. The average Bonchev–Trinajstić information content (AvgIpc) is 2.84. The number of aromatic nitrogens is 2. The second kappa shape index (κ2) is 4.99. The van der Waals surface area contributed by atoms with Crippen molar-refractivity contribution in [2.75, 3.05) is 17.6 Å². The van der Waals surface area contributed by atoms with E-state index in [0.717, 1.165) is 5.69 Å². The Bertz CT molecular complexity index is 529. The van der Waals surface area contributed by atoms with Crippen LogP contribution in [-0.2, 0) is 6.42 Å². The predicted molar refractivity (Wildman–Crippen MR) is 62.1 cm³/mol. The van der Waals surface area contributed by atoms with Gasteiger partial charge in [-0.05, 0) is 12.1 Å². The Morgan fingerprint density at radius 2 is 2.35 bits per heavy atom. The molecule has 17 heavy (non-hydrogen) atoms. The second-order valence-electron chi connectivity index (χ2n) is 3.39. The zero-order valence-electron chi connectivity index (χ0n) is 9.05. The van der Waals surface area contributed by atoms with Crippen LogP contribution in [0.4, 0.5) is 11.4 Å². The molecule has 2 rings (SSSR count). The predicted octanol–water partition coefficient (Wildman–Crippen LogP) is 1.18. The third kappa shape index (κ3) is 2.52. The van der Waals surface area contributed by atoms with E-state index in [1.165, 1.54) is 6.33 Å². The van der Waals surface area contributed by atoms with Crippen molar-refractivity contribution in [3.8, 4) is 6.07 Å². The smallest absolute Gasteiger partial charge is 0.228 e. The molecule has 1 heterocycles. The average molecular weight is 229 g/mol. The number of rotatable bonds is 4. The maximum absolute atomic E-state index is 8.83. The van der Waals surface area contributed by atoms with Gasteiger partial charge in [0.05, 0.1) is 16.9 Å². The van der Waals surface area contributed by atoms with Crippen LogP contribution in [-0.4, -0.2) is 16.7 Å². The van der Waals surface area contributed by atoms with Crippen LogP contribution in [0.15, 0.2) is 29.0 Å². The van der Waals surface area contributed by atoms with E-state index in [1.54, 1.807) is 12.1 Å². The molecule has 0 saturated heterocycles. The number of hydrogen-bond acceptors (Lipinski definition) is 6. The largest absolute Gasteiger partial charge is 0.396 e. The Morgan fingerprint density at radius 3 is 3.06 bits per heavy atom. The molecule has 0 atom stereocenters. The highest BCUT2D eigenvalue weighted by Gasteiger charge is 2.04. The highest BCUT2D eigenvalue weighted by atomic mass is 16.5. The number of nitrogens with one attached hydrogen (secondary N) is 1. The van der Waals surface area contributed by atoms with Gasteiger partial charge < -0.3 is 15.6 Å². The molecule has 3 N–H and O–H groups in total. The molecule has 0 unspecified atom stereocenters. The van der Waals surface area contributed by atoms with Crippen molar-refractivity contribution in [3.05, 3.63) is 36.0 Å². The molecule has 0 radical (unpaired) electrons. The Labute approximate surface area is 98.1 Å². The first-order valence-electron chi connectivity index (χ1n) is 5.09. The number of nitriles is 1. The van der Waals surface area contributed by atoms with Crippen LogP contribution >= 0.6 is 0 Å². The van der Waals surface area contributed by atoms with Gasteiger partial charge in [-0.15, -0.1) is 0 Å². The first-order valence-corrected chi connectivity index (χ1v) is 5.09. The van der Waals surface area contributed by atoms with E-state index in [9.17, 15) is 0 Å². The van der Waals surface area contributed by atoms with E-state index in [4.69, 9.17) is 15.5 Å². The summed E-state index contributed by atoms with van der Waals surface area (Å²) >= 11 is 0. The van der Waals surface area contributed by atoms with Crippen LogP contribution in [0, 0.1) is 11.3 Å². The molecule has 0 saturated carbocycles. The number of benzene rings is 1. The summed E-state index contributed by atoms with van der Waals surface area (Å²) in [6, 6.07) is 7.32. The minimum atomic E-state index is 0.459. The number of nitrogens with zero attached hydrogens (tertiary/aromatic N) is 3. The minimum Gasteiger partial charge on any atom is -0.396 e. The summed E-state index contributed by atoms with van der Waals surface area (Å²) in [5.41, 5.74) is 7.48. The molecule has 6 nitrogen and oxygen atoms in total. The second-order valence-corrected chi connectivity index (χ2v) is 3.39. The molecule has 1 aromatic heterocycles. The van der Waals surface area contributed by atoms with E-state index in [0.29, 0.717) is 30.1 Å². The number of nitrogens with two attached hydrogens (primary N) is 1. The fraction of sp³-hybridized carbons (Fsp3) is 0.182. The van der Waals surface area contributed by atoms with Gasteiger partial charge in [-0.1, -0.05) is 11.2 Å². The summed E-state index contributed by atoms with van der Waals surface area (Å²) < 4.78 is 4.86. The Kier molecular flexibility index (Phi) is 3.21. The first kappa shape index (κ1) is 11.0. The molecule has 0 aliphatic heterocycles. The summed E-state index contributed by atoms with van der Waals surface area (Å²) in [7, 11) is 0. The van der Waals surface area contributed by atoms with Crippen LogP contribution in [0.3, 0.4) is 0 Å². The van der Waals surface area contributed by atoms with Crippen molar-refractivity contribution < 1.29 is 4.52 Å². The van der Waals surface area contributed by atoms with Gasteiger partial charge in [0.15, 0.2) is 6.33 Å². The first-order chi connectivity index (χ1) is 8.31. The minimum absolute atomic E-state index is 0.459. The topological polar surface area (TPSA) is 101 Å². The number of para-hydroxylation sites is 1. The standard InChI is InChI=1S/C11H11N5O/c12-6-8-2-1-3-9(11(8)13)14-5-4-10-15-7-16-17-10/h1-3,7,14H,4-5,13H2. The van der Waals surface area contributed by atoms with Crippen LogP contribution in [0.1, 0.15) is 11.5 Å². The number of anilines is 2. The monoisotopic (exact) mass is 229 g/mol. The molecule has 0 aliphatic rings. The lowest BCUT2D eigenvalue weighted by molar-refractivity contribution is 0.380. The number of nitrogen functional groups attached to an aromatic ring is 1. The van der Waals surface area contributed by atoms with E-state index >= 15 is 0 Å². The van der Waals surface area contributed by atoms with Gasteiger partial charge in [-0.25, -0.2) is 0 Å². The Balaban J connectivity index is 1.98. The third-order valence-corrected chi connectivity index (χ3v) is 2.29. The van der Waals surface area contributed by atoms with E-state index < -0.39 is 0 Å². The van der Waals surface area contributed by atoms with Crippen LogP contribution in [0.2, 0.25) is 0 Å². The van der Waals surface area contributed by atoms with Gasteiger partial charge in [0.1, 0.15) is 6.07 Å². The zero-order chi connectivity index (χ0) is 12.1. The third-order valence-electron chi connectivity index (χ3n) is 2.29. The maximum atomic E-state index is 8.83. The highest BCUT2D eigenvalue weighted by molar-refractivity contribution is 5.72. The van der Waals surface area contributed by atoms with Gasteiger partial charge in [0.25, 0.3) is 0 Å². The van der Waals surface area contributed by atoms with Crippen molar-refractivity contribution in [3.63, 3.8) is 0 Å². The molecule has 0 aliphatic carbocycles. The molecule has 0 bridgehead atoms. The molecule has 0 fully saturated rings. The van der Waals surface area contributed by atoms with E-state index in [1.807, 2.05) is 12.1 Å². The molecule has 1 aromatic carbocycles. The lowest BCUT2D eigenvalue weighted by atomic mass is 10.1. The van der Waals surface area contributed by atoms with Gasteiger partial charge in [-0.3, -0.25) is 0 Å². The summed E-state index contributed by atoms with van der Waals surface area (Å²) in [4.78, 5) is 3.90. The normalized spacial score (nSPS) is 9.82. The van der Waals surface area contributed by atoms with Crippen LogP contribution in [0.25, 0.3) is 0 Å². The molecule has 86 valence electrons. The molecule has 0 amide bonds. The molecular formula is C11H11N5O. The van der Waals surface area contributed by atoms with Gasteiger partial charge in [-0.2, -0.15) is 10.2 Å². The van der Waals surface area contributed by atoms with Gasteiger partial charge in [0.2, 0.25) is 5.89 Å². The molecular weight excluding hydrogens is 218 g/mol. The van der Waals surface area contributed by atoms with Gasteiger partial charge >= 0.3 is 0 Å². The Hall–Kier alpha value is -2.55. The quantitative estimate of drug-likeness (QED) is 0.763. The lowest BCUT2D eigenvalue weighted by Crippen LogP contribution is -2.07. The van der Waals surface area contributed by atoms with Crippen molar-refractivity contribution in [1.29, 1.82) is 5.26 Å². The number of hydrogen-bond donors (Lipinski definition) is 2. The van der Waals surface area contributed by atoms with Crippen LogP contribution in [0.5, 0.6) is 0 Å². The van der Waals surface area contributed by atoms with Gasteiger partial charge in [0, 0.05) is 13.0 Å². The van der Waals surface area contributed by atoms with Crippen molar-refractivity contribution in [2.24, 2.45) is 0 Å². The van der Waals surface area contributed by atoms with Crippen molar-refractivity contribution >= 4 is 11.4 Å². The van der Waals surface area contributed by atoms with E-state index in [-0.39, 0.29) is 0 Å². The van der Waals surface area contributed by atoms with E-state index in [2.05, 4.69) is 15.5 Å². The molecule has 6 heteroatoms. The van der Waals surface area contributed by atoms with Crippen LogP contribution < -0.4 is 11.1 Å². The highest BCUT2D eigenvalue weighted by Crippen LogP contribution is 2.21. The summed E-state index contributed by atoms with van der Waals surface area (Å²) in [5.74, 6) is 0.563.